The van der Waals surface area contributed by atoms with E-state index in [2.05, 4.69) is 13.8 Å². The van der Waals surface area contributed by atoms with Crippen LogP contribution in [0.15, 0.2) is 0 Å². The molecule has 2 atom stereocenters. The van der Waals surface area contributed by atoms with Crippen molar-refractivity contribution in [2.45, 2.75) is 154 Å². The molecule has 0 aromatic rings. The third kappa shape index (κ3) is 18.9. The van der Waals surface area contributed by atoms with Gasteiger partial charge in [0.05, 0.1) is 27.7 Å². The Bertz CT molecular complexity index is 721. The Balaban J connectivity index is 5.38. The van der Waals surface area contributed by atoms with E-state index >= 15 is 0 Å². The first kappa shape index (κ1) is 41.3. The highest BCUT2D eigenvalue weighted by Gasteiger charge is 2.55. The van der Waals surface area contributed by atoms with Crippen molar-refractivity contribution < 1.29 is 42.8 Å². The van der Waals surface area contributed by atoms with Crippen LogP contribution >= 0.6 is 7.82 Å². The summed E-state index contributed by atoms with van der Waals surface area (Å²) < 4.78 is 23.9. The maximum atomic E-state index is 13.6. The molecule has 0 saturated carbocycles. The van der Waals surface area contributed by atoms with E-state index in [1.807, 2.05) is 21.1 Å². The highest BCUT2D eigenvalue weighted by molar-refractivity contribution is 7.47. The van der Waals surface area contributed by atoms with E-state index in [1.165, 1.54) is 51.4 Å². The first-order valence-corrected chi connectivity index (χ1v) is 18.2. The lowest BCUT2D eigenvalue weighted by Crippen LogP contribution is -2.58. The molecule has 250 valence electrons. The van der Waals surface area contributed by atoms with Gasteiger partial charge >= 0.3 is 7.82 Å². The van der Waals surface area contributed by atoms with Crippen LogP contribution in [0.3, 0.4) is 0 Å². The topological polar surface area (TPSA) is 130 Å². The normalized spacial score (nSPS) is 14.6. The number of hydrogen-bond donors (Lipinski definition) is 3. The van der Waals surface area contributed by atoms with Crippen LogP contribution in [-0.4, -0.2) is 83.8 Å². The second-order valence-corrected chi connectivity index (χ2v) is 14.2. The van der Waals surface area contributed by atoms with E-state index in [1.54, 1.807) is 0 Å². The minimum absolute atomic E-state index is 0.102. The number of phosphoric acid groups is 1. The van der Waals surface area contributed by atoms with Crippen molar-refractivity contribution in [1.82, 2.24) is 0 Å². The van der Waals surface area contributed by atoms with Crippen LogP contribution in [-0.2, 0) is 23.2 Å². The molecular formula is C32H65NO8P+. The summed E-state index contributed by atoms with van der Waals surface area (Å²) in [5.41, 5.74) is -2.64. The average molecular weight is 623 g/mol. The Morgan fingerprint density at radius 2 is 1.07 bits per heavy atom. The number of aliphatic hydroxyl groups is 2. The molecule has 10 heteroatoms. The number of rotatable bonds is 30. The smallest absolute Gasteiger partial charge is 0.394 e. The fourth-order valence-electron chi connectivity index (χ4n) is 5.02. The minimum atomic E-state index is -4.92. The zero-order valence-corrected chi connectivity index (χ0v) is 28.5. The van der Waals surface area contributed by atoms with Crippen LogP contribution < -0.4 is 0 Å². The number of nitrogens with zero attached hydrogens (tertiary/aromatic N) is 1. The quantitative estimate of drug-likeness (QED) is 0.0341. The zero-order valence-electron chi connectivity index (χ0n) is 27.6. The number of likely N-dealkylation sites (N-methyl/N-ethyl adjacent to an activating group) is 1. The van der Waals surface area contributed by atoms with E-state index in [0.29, 0.717) is 23.9 Å². The Morgan fingerprint density at radius 3 is 1.40 bits per heavy atom. The van der Waals surface area contributed by atoms with Gasteiger partial charge in [0.25, 0.3) is 0 Å². The Hall–Kier alpha value is -0.670. The second-order valence-electron chi connectivity index (χ2n) is 12.8. The van der Waals surface area contributed by atoms with Gasteiger partial charge in [-0.25, -0.2) is 4.57 Å². The van der Waals surface area contributed by atoms with Gasteiger partial charge in [-0.2, -0.15) is 0 Å². The third-order valence-electron chi connectivity index (χ3n) is 7.76. The molecule has 0 aliphatic rings. The number of ketones is 2. The van der Waals surface area contributed by atoms with Crippen LogP contribution in [0.25, 0.3) is 0 Å². The molecule has 0 aliphatic heterocycles. The Labute approximate surface area is 257 Å². The number of Topliss-reactive ketones (excluding diaryl/α,β-unsaturated/α-hetero) is 2. The van der Waals surface area contributed by atoms with Crippen LogP contribution in [0.2, 0.25) is 0 Å². The first-order chi connectivity index (χ1) is 19.9. The summed E-state index contributed by atoms with van der Waals surface area (Å²) in [5, 5.41) is 20.7. The number of phosphoric ester groups is 1. The van der Waals surface area contributed by atoms with E-state index in [-0.39, 0.29) is 19.4 Å². The SMILES string of the molecule is CCCCCCCCCCCC(=O)C(OP(=O)(O)OCC[N+](C)(C)C)(C(=O)CCCCCCCCCCC)[C@@H](O)CO. The summed E-state index contributed by atoms with van der Waals surface area (Å²) in [6.45, 7) is 3.63. The van der Waals surface area contributed by atoms with Crippen LogP contribution in [0.4, 0.5) is 0 Å². The van der Waals surface area contributed by atoms with Gasteiger partial charge in [0.1, 0.15) is 19.3 Å². The largest absolute Gasteiger partial charge is 0.473 e. The summed E-state index contributed by atoms with van der Waals surface area (Å²) >= 11 is 0. The van der Waals surface area contributed by atoms with Gasteiger partial charge in [0.2, 0.25) is 5.60 Å². The van der Waals surface area contributed by atoms with Crippen molar-refractivity contribution in [3.8, 4) is 0 Å². The van der Waals surface area contributed by atoms with Crippen molar-refractivity contribution in [3.05, 3.63) is 0 Å². The molecule has 1 unspecified atom stereocenters. The molecule has 0 aromatic heterocycles. The summed E-state index contributed by atoms with van der Waals surface area (Å²) in [6.07, 6.45) is 16.3. The molecule has 0 heterocycles. The molecule has 0 saturated heterocycles. The molecule has 9 nitrogen and oxygen atoms in total. The molecular weight excluding hydrogens is 557 g/mol. The molecule has 0 bridgehead atoms. The Morgan fingerprint density at radius 1 is 0.714 bits per heavy atom. The second kappa shape index (κ2) is 23.7. The Kier molecular flexibility index (Phi) is 23.3. The highest BCUT2D eigenvalue weighted by atomic mass is 31.2. The predicted molar refractivity (Wildman–Crippen MR) is 169 cm³/mol. The summed E-state index contributed by atoms with van der Waals surface area (Å²) in [4.78, 5) is 37.7. The summed E-state index contributed by atoms with van der Waals surface area (Å²) in [6, 6.07) is 0. The van der Waals surface area contributed by atoms with Crippen LogP contribution in [0.1, 0.15) is 142 Å². The lowest BCUT2D eigenvalue weighted by atomic mass is 9.82. The molecule has 0 aromatic carbocycles. The van der Waals surface area contributed by atoms with Gasteiger partial charge in [-0.3, -0.25) is 18.6 Å². The van der Waals surface area contributed by atoms with E-state index in [9.17, 15) is 29.3 Å². The molecule has 42 heavy (non-hydrogen) atoms. The molecule has 0 fully saturated rings. The predicted octanol–water partition coefficient (Wildman–Crippen LogP) is 6.90. The van der Waals surface area contributed by atoms with Crippen LogP contribution in [0.5, 0.6) is 0 Å². The number of hydrogen-bond acceptors (Lipinski definition) is 7. The molecule has 0 spiro atoms. The maximum absolute atomic E-state index is 13.6. The van der Waals surface area contributed by atoms with E-state index in [4.69, 9.17) is 9.05 Å². The van der Waals surface area contributed by atoms with E-state index < -0.39 is 37.7 Å². The lowest BCUT2D eigenvalue weighted by Gasteiger charge is -2.35. The lowest BCUT2D eigenvalue weighted by molar-refractivity contribution is -0.870. The number of quaternary nitrogens is 1. The van der Waals surface area contributed by atoms with Gasteiger partial charge in [0, 0.05) is 12.8 Å². The molecule has 0 rings (SSSR count). The number of carbonyl (C=O) groups is 2. The third-order valence-corrected chi connectivity index (χ3v) is 8.79. The number of aliphatic hydroxyl groups excluding tert-OH is 2. The number of unbranched alkanes of at least 4 members (excludes halogenated alkanes) is 16. The number of carbonyl (C=O) groups excluding carboxylic acids is 2. The standard InChI is InChI=1S/C32H64NO8P/c1-6-8-10-12-14-16-18-20-22-24-29(35)32(31(37)28-34,41-42(38,39)40-27-26-33(3,4)5)30(36)25-23-21-19-17-15-13-11-9-7-2/h31,34,37H,6-28H2,1-5H3/p+1/t31-/m0/s1. The van der Waals surface area contributed by atoms with Gasteiger partial charge in [-0.05, 0) is 12.8 Å². The molecule has 0 amide bonds. The van der Waals surface area contributed by atoms with Gasteiger partial charge in [-0.1, -0.05) is 117 Å². The van der Waals surface area contributed by atoms with Crippen molar-refractivity contribution in [2.75, 3.05) is 40.9 Å². The first-order valence-electron chi connectivity index (χ1n) is 16.7. The molecule has 0 radical (unpaired) electrons. The fourth-order valence-corrected chi connectivity index (χ4v) is 6.07. The van der Waals surface area contributed by atoms with Crippen LogP contribution in [0, 0.1) is 0 Å². The molecule has 3 N–H and O–H groups in total. The highest BCUT2D eigenvalue weighted by Crippen LogP contribution is 2.49. The van der Waals surface area contributed by atoms with Gasteiger partial charge in [-0.15, -0.1) is 0 Å². The van der Waals surface area contributed by atoms with Crippen molar-refractivity contribution in [2.24, 2.45) is 0 Å². The molecule has 0 aliphatic carbocycles. The van der Waals surface area contributed by atoms with Crippen molar-refractivity contribution >= 4 is 19.4 Å². The van der Waals surface area contributed by atoms with Gasteiger partial charge in [0.15, 0.2) is 11.6 Å². The zero-order chi connectivity index (χ0) is 31.9. The summed E-state index contributed by atoms with van der Waals surface area (Å²) in [5.74, 6) is -1.56. The monoisotopic (exact) mass is 622 g/mol. The van der Waals surface area contributed by atoms with E-state index in [0.717, 1.165) is 51.4 Å². The van der Waals surface area contributed by atoms with Gasteiger partial charge < -0.3 is 19.6 Å². The van der Waals surface area contributed by atoms with Crippen molar-refractivity contribution in [1.29, 1.82) is 0 Å². The average Bonchev–Trinajstić information content (AvgIpc) is 2.92. The van der Waals surface area contributed by atoms with Crippen molar-refractivity contribution in [3.63, 3.8) is 0 Å². The minimum Gasteiger partial charge on any atom is -0.394 e. The maximum Gasteiger partial charge on any atom is 0.473 e. The fraction of sp³-hybridized carbons (Fsp3) is 0.938. The summed E-state index contributed by atoms with van der Waals surface area (Å²) in [7, 11) is 0.730.